The maximum absolute atomic E-state index is 12.2. The van der Waals surface area contributed by atoms with Crippen molar-refractivity contribution in [3.8, 4) is 0 Å². The van der Waals surface area contributed by atoms with Crippen LogP contribution >= 0.6 is 12.4 Å². The van der Waals surface area contributed by atoms with Gasteiger partial charge in [-0.1, -0.05) is 26.0 Å². The molecule has 0 atom stereocenters. The van der Waals surface area contributed by atoms with Gasteiger partial charge in [0, 0.05) is 12.2 Å². The first-order valence-corrected chi connectivity index (χ1v) is 6.16. The predicted molar refractivity (Wildman–Crippen MR) is 79.1 cm³/mol. The van der Waals surface area contributed by atoms with Gasteiger partial charge in [-0.15, -0.1) is 12.4 Å². The van der Waals surface area contributed by atoms with Gasteiger partial charge in [0.2, 0.25) is 5.91 Å². The number of anilines is 1. The SMILES string of the molecule is CCC(CC)(CN)C(=O)Nc1cccc(C)c1.Cl. The number of aryl methyl sites for hydroxylation is 1. The molecular weight excluding hydrogens is 248 g/mol. The molecule has 0 fully saturated rings. The molecule has 0 unspecified atom stereocenters. The maximum Gasteiger partial charge on any atom is 0.231 e. The molecular formula is C14H23ClN2O. The van der Waals surface area contributed by atoms with E-state index in [1.807, 2.05) is 45.0 Å². The lowest BCUT2D eigenvalue weighted by Crippen LogP contribution is -2.41. The van der Waals surface area contributed by atoms with Crippen molar-refractivity contribution in [3.63, 3.8) is 0 Å². The van der Waals surface area contributed by atoms with Crippen LogP contribution < -0.4 is 11.1 Å². The zero-order chi connectivity index (χ0) is 12.9. The molecule has 0 aromatic heterocycles. The topological polar surface area (TPSA) is 55.1 Å². The minimum Gasteiger partial charge on any atom is -0.329 e. The molecule has 18 heavy (non-hydrogen) atoms. The quantitative estimate of drug-likeness (QED) is 0.864. The van der Waals surface area contributed by atoms with Gasteiger partial charge in [0.1, 0.15) is 0 Å². The van der Waals surface area contributed by atoms with E-state index in [2.05, 4.69) is 5.32 Å². The van der Waals surface area contributed by atoms with Gasteiger partial charge in [-0.2, -0.15) is 0 Å². The number of hydrogen-bond acceptors (Lipinski definition) is 2. The van der Waals surface area contributed by atoms with Crippen LogP contribution in [-0.2, 0) is 4.79 Å². The van der Waals surface area contributed by atoms with Crippen molar-refractivity contribution in [2.24, 2.45) is 11.1 Å². The van der Waals surface area contributed by atoms with E-state index < -0.39 is 5.41 Å². The Kier molecular flexibility index (Phi) is 6.96. The number of halogens is 1. The second-order valence-corrected chi connectivity index (χ2v) is 4.52. The number of carbonyl (C=O) groups excluding carboxylic acids is 1. The van der Waals surface area contributed by atoms with Crippen LogP contribution in [0.15, 0.2) is 24.3 Å². The van der Waals surface area contributed by atoms with Crippen molar-refractivity contribution in [3.05, 3.63) is 29.8 Å². The van der Waals surface area contributed by atoms with E-state index in [1.54, 1.807) is 0 Å². The molecule has 0 spiro atoms. The number of nitrogens with one attached hydrogen (secondary N) is 1. The number of benzene rings is 1. The summed E-state index contributed by atoms with van der Waals surface area (Å²) in [6.45, 7) is 6.40. The monoisotopic (exact) mass is 270 g/mol. The Morgan fingerprint density at radius 3 is 2.39 bits per heavy atom. The van der Waals surface area contributed by atoms with E-state index in [1.165, 1.54) is 0 Å². The van der Waals surface area contributed by atoms with Gasteiger partial charge in [-0.3, -0.25) is 4.79 Å². The van der Waals surface area contributed by atoms with E-state index >= 15 is 0 Å². The molecule has 0 aliphatic carbocycles. The van der Waals surface area contributed by atoms with Crippen LogP contribution in [0.2, 0.25) is 0 Å². The van der Waals surface area contributed by atoms with Crippen molar-refractivity contribution < 1.29 is 4.79 Å². The lowest BCUT2D eigenvalue weighted by atomic mass is 9.81. The highest BCUT2D eigenvalue weighted by atomic mass is 35.5. The zero-order valence-corrected chi connectivity index (χ0v) is 12.1. The molecule has 1 aromatic carbocycles. The molecule has 0 saturated heterocycles. The number of carbonyl (C=O) groups is 1. The molecule has 0 bridgehead atoms. The van der Waals surface area contributed by atoms with Gasteiger partial charge in [-0.05, 0) is 37.5 Å². The molecule has 1 rings (SSSR count). The Balaban J connectivity index is 0.00000289. The van der Waals surface area contributed by atoms with Crippen molar-refractivity contribution in [1.29, 1.82) is 0 Å². The maximum atomic E-state index is 12.2. The second kappa shape index (κ2) is 7.39. The zero-order valence-electron chi connectivity index (χ0n) is 11.3. The summed E-state index contributed by atoms with van der Waals surface area (Å²) in [5.74, 6) is 0.0237. The van der Waals surface area contributed by atoms with Gasteiger partial charge in [0.05, 0.1) is 5.41 Å². The lowest BCUT2D eigenvalue weighted by Gasteiger charge is -2.28. The fourth-order valence-electron chi connectivity index (χ4n) is 1.94. The summed E-state index contributed by atoms with van der Waals surface area (Å²) >= 11 is 0. The fourth-order valence-corrected chi connectivity index (χ4v) is 1.94. The fraction of sp³-hybridized carbons (Fsp3) is 0.500. The third-order valence-electron chi connectivity index (χ3n) is 3.50. The molecule has 3 nitrogen and oxygen atoms in total. The molecule has 4 heteroatoms. The van der Waals surface area contributed by atoms with Crippen molar-refractivity contribution in [2.75, 3.05) is 11.9 Å². The Morgan fingerprint density at radius 2 is 1.94 bits per heavy atom. The Labute approximate surface area is 116 Å². The molecule has 0 saturated carbocycles. The third kappa shape index (κ3) is 3.72. The average molecular weight is 271 g/mol. The van der Waals surface area contributed by atoms with Crippen LogP contribution in [0.5, 0.6) is 0 Å². The van der Waals surface area contributed by atoms with E-state index in [-0.39, 0.29) is 18.3 Å². The highest BCUT2D eigenvalue weighted by Gasteiger charge is 2.33. The van der Waals surface area contributed by atoms with E-state index in [0.717, 1.165) is 24.1 Å². The summed E-state index contributed by atoms with van der Waals surface area (Å²) in [6.07, 6.45) is 1.52. The average Bonchev–Trinajstić information content (AvgIpc) is 2.32. The normalized spacial score (nSPS) is 10.7. The lowest BCUT2D eigenvalue weighted by molar-refractivity contribution is -0.125. The van der Waals surface area contributed by atoms with Crippen molar-refractivity contribution in [1.82, 2.24) is 0 Å². The van der Waals surface area contributed by atoms with E-state index in [0.29, 0.717) is 6.54 Å². The number of hydrogen-bond donors (Lipinski definition) is 2. The first-order chi connectivity index (χ1) is 8.07. The predicted octanol–water partition coefficient (Wildman–Crippen LogP) is 3.12. The summed E-state index contributed by atoms with van der Waals surface area (Å²) in [7, 11) is 0. The molecule has 0 radical (unpaired) electrons. The first kappa shape index (κ1) is 16.9. The summed E-state index contributed by atoms with van der Waals surface area (Å²) in [5, 5.41) is 2.96. The Bertz CT molecular complexity index is 381. The van der Waals surface area contributed by atoms with Crippen molar-refractivity contribution in [2.45, 2.75) is 33.6 Å². The van der Waals surface area contributed by atoms with Gasteiger partial charge >= 0.3 is 0 Å². The standard InChI is InChI=1S/C14H22N2O.ClH/c1-4-14(5-2,10-15)13(17)16-12-8-6-7-11(3)9-12;/h6-9H,4-5,10,15H2,1-3H3,(H,16,17);1H. The minimum atomic E-state index is -0.441. The minimum absolute atomic E-state index is 0. The second-order valence-electron chi connectivity index (χ2n) is 4.52. The highest BCUT2D eigenvalue weighted by molar-refractivity contribution is 5.95. The van der Waals surface area contributed by atoms with Crippen LogP contribution in [0, 0.1) is 12.3 Å². The van der Waals surface area contributed by atoms with Crippen LogP contribution in [0.3, 0.4) is 0 Å². The molecule has 0 aliphatic rings. The van der Waals surface area contributed by atoms with Gasteiger partial charge < -0.3 is 11.1 Å². The number of amides is 1. The third-order valence-corrected chi connectivity index (χ3v) is 3.50. The van der Waals surface area contributed by atoms with Gasteiger partial charge in [-0.25, -0.2) is 0 Å². The molecule has 102 valence electrons. The molecule has 1 amide bonds. The van der Waals surface area contributed by atoms with Crippen LogP contribution in [0.4, 0.5) is 5.69 Å². The molecule has 1 aromatic rings. The van der Waals surface area contributed by atoms with Crippen molar-refractivity contribution >= 4 is 24.0 Å². The van der Waals surface area contributed by atoms with E-state index in [9.17, 15) is 4.79 Å². The molecule has 3 N–H and O–H groups in total. The highest BCUT2D eigenvalue weighted by Crippen LogP contribution is 2.27. The van der Waals surface area contributed by atoms with E-state index in [4.69, 9.17) is 5.73 Å². The van der Waals surface area contributed by atoms with Crippen LogP contribution in [0.25, 0.3) is 0 Å². The van der Waals surface area contributed by atoms with Gasteiger partial charge in [0.25, 0.3) is 0 Å². The van der Waals surface area contributed by atoms with Crippen LogP contribution in [-0.4, -0.2) is 12.5 Å². The molecule has 0 heterocycles. The number of nitrogens with two attached hydrogens (primary N) is 1. The Morgan fingerprint density at radius 1 is 1.33 bits per heavy atom. The summed E-state index contributed by atoms with van der Waals surface area (Å²) in [4.78, 5) is 12.2. The molecule has 0 aliphatic heterocycles. The summed E-state index contributed by atoms with van der Waals surface area (Å²) < 4.78 is 0. The van der Waals surface area contributed by atoms with Gasteiger partial charge in [0.15, 0.2) is 0 Å². The number of rotatable bonds is 5. The first-order valence-electron chi connectivity index (χ1n) is 6.16. The largest absolute Gasteiger partial charge is 0.329 e. The smallest absolute Gasteiger partial charge is 0.231 e. The summed E-state index contributed by atoms with van der Waals surface area (Å²) in [5.41, 5.74) is 7.29. The van der Waals surface area contributed by atoms with Crippen LogP contribution in [0.1, 0.15) is 32.3 Å². The Hall–Kier alpha value is -1.06. The summed E-state index contributed by atoms with van der Waals surface area (Å²) in [6, 6.07) is 7.81.